The SMILES string of the molecule is CCC(CC)c1nnc(NC(=O)c2cccc(C)c2[N+](=O)[O-])s1. The first kappa shape index (κ1) is 17.0. The van der Waals surface area contributed by atoms with Gasteiger partial charge in [0.05, 0.1) is 4.92 Å². The van der Waals surface area contributed by atoms with Gasteiger partial charge in [0.2, 0.25) is 5.13 Å². The molecule has 2 aromatic rings. The summed E-state index contributed by atoms with van der Waals surface area (Å²) in [5, 5.41) is 23.1. The lowest BCUT2D eigenvalue weighted by molar-refractivity contribution is -0.385. The van der Waals surface area contributed by atoms with Gasteiger partial charge in [-0.05, 0) is 25.8 Å². The highest BCUT2D eigenvalue weighted by Crippen LogP contribution is 2.29. The van der Waals surface area contributed by atoms with E-state index in [1.807, 2.05) is 0 Å². The molecule has 23 heavy (non-hydrogen) atoms. The maximum absolute atomic E-state index is 12.3. The first-order chi connectivity index (χ1) is 11.0. The summed E-state index contributed by atoms with van der Waals surface area (Å²) < 4.78 is 0. The summed E-state index contributed by atoms with van der Waals surface area (Å²) in [5.41, 5.74) is 0.279. The van der Waals surface area contributed by atoms with Crippen LogP contribution in [0.4, 0.5) is 10.8 Å². The number of hydrogen-bond acceptors (Lipinski definition) is 6. The van der Waals surface area contributed by atoms with Gasteiger partial charge >= 0.3 is 0 Å². The normalized spacial score (nSPS) is 10.8. The van der Waals surface area contributed by atoms with Crippen LogP contribution >= 0.6 is 11.3 Å². The van der Waals surface area contributed by atoms with Crippen molar-refractivity contribution in [1.29, 1.82) is 0 Å². The highest BCUT2D eigenvalue weighted by atomic mass is 32.1. The molecular formula is C15H18N4O3S. The van der Waals surface area contributed by atoms with Crippen molar-refractivity contribution in [2.24, 2.45) is 0 Å². The molecule has 2 rings (SSSR count). The molecule has 0 atom stereocenters. The average molecular weight is 334 g/mol. The molecule has 122 valence electrons. The molecule has 0 radical (unpaired) electrons. The lowest BCUT2D eigenvalue weighted by atomic mass is 10.1. The van der Waals surface area contributed by atoms with E-state index in [-0.39, 0.29) is 11.3 Å². The third-order valence-electron chi connectivity index (χ3n) is 3.66. The largest absolute Gasteiger partial charge is 0.296 e. The third kappa shape index (κ3) is 3.70. The number of amides is 1. The molecule has 1 N–H and O–H groups in total. The molecule has 1 aromatic heterocycles. The molecule has 0 bridgehead atoms. The molecule has 0 spiro atoms. The van der Waals surface area contributed by atoms with E-state index in [0.717, 1.165) is 17.8 Å². The molecule has 1 amide bonds. The number of para-hydroxylation sites is 1. The molecule has 0 aliphatic rings. The zero-order valence-corrected chi connectivity index (χ0v) is 14.0. The van der Waals surface area contributed by atoms with Crippen LogP contribution < -0.4 is 5.32 Å². The van der Waals surface area contributed by atoms with E-state index in [9.17, 15) is 14.9 Å². The van der Waals surface area contributed by atoms with Gasteiger partial charge < -0.3 is 0 Å². The number of benzene rings is 1. The minimum Gasteiger partial charge on any atom is -0.296 e. The van der Waals surface area contributed by atoms with Crippen molar-refractivity contribution < 1.29 is 9.72 Å². The van der Waals surface area contributed by atoms with Crippen LogP contribution in [0.3, 0.4) is 0 Å². The van der Waals surface area contributed by atoms with E-state index in [0.29, 0.717) is 16.6 Å². The van der Waals surface area contributed by atoms with Gasteiger partial charge in [0.25, 0.3) is 11.6 Å². The molecule has 0 fully saturated rings. The van der Waals surface area contributed by atoms with Crippen LogP contribution in [0.1, 0.15) is 53.5 Å². The standard InChI is InChI=1S/C15H18N4O3S/c1-4-10(5-2)14-17-18-15(23-14)16-13(20)11-8-6-7-9(3)12(11)19(21)22/h6-8,10H,4-5H2,1-3H3,(H,16,18,20). The summed E-state index contributed by atoms with van der Waals surface area (Å²) in [6.07, 6.45) is 1.89. The number of nitro benzene ring substituents is 1. The van der Waals surface area contributed by atoms with Gasteiger partial charge in [0.15, 0.2) is 0 Å². The quantitative estimate of drug-likeness (QED) is 0.638. The van der Waals surface area contributed by atoms with Crippen molar-refractivity contribution in [3.8, 4) is 0 Å². The van der Waals surface area contributed by atoms with E-state index < -0.39 is 10.8 Å². The number of nitro groups is 1. The Kier molecular flexibility index (Phi) is 5.38. The highest BCUT2D eigenvalue weighted by molar-refractivity contribution is 7.15. The number of nitrogens with one attached hydrogen (secondary N) is 1. The van der Waals surface area contributed by atoms with Gasteiger partial charge in [0, 0.05) is 11.5 Å². The number of carbonyl (C=O) groups is 1. The molecule has 0 aliphatic heterocycles. The average Bonchev–Trinajstić information content (AvgIpc) is 2.96. The lowest BCUT2D eigenvalue weighted by Gasteiger charge is -2.06. The van der Waals surface area contributed by atoms with Crippen molar-refractivity contribution in [3.05, 3.63) is 44.4 Å². The summed E-state index contributed by atoms with van der Waals surface area (Å²) in [7, 11) is 0. The fraction of sp³-hybridized carbons (Fsp3) is 0.400. The van der Waals surface area contributed by atoms with Crippen molar-refractivity contribution in [2.45, 2.75) is 39.5 Å². The summed E-state index contributed by atoms with van der Waals surface area (Å²) in [6.45, 7) is 5.75. The lowest BCUT2D eigenvalue weighted by Crippen LogP contribution is -2.14. The van der Waals surface area contributed by atoms with Crippen molar-refractivity contribution in [1.82, 2.24) is 10.2 Å². The second kappa shape index (κ2) is 7.28. The number of hydrogen-bond donors (Lipinski definition) is 1. The molecule has 1 heterocycles. The summed E-state index contributed by atoms with van der Waals surface area (Å²) in [4.78, 5) is 23.0. The van der Waals surface area contributed by atoms with Gasteiger partial charge in [0.1, 0.15) is 10.6 Å². The monoisotopic (exact) mass is 334 g/mol. The van der Waals surface area contributed by atoms with Crippen LogP contribution in [0.5, 0.6) is 0 Å². The van der Waals surface area contributed by atoms with E-state index in [1.54, 1.807) is 19.1 Å². The molecule has 0 saturated carbocycles. The highest BCUT2D eigenvalue weighted by Gasteiger charge is 2.23. The maximum Gasteiger partial charge on any atom is 0.285 e. The van der Waals surface area contributed by atoms with Crippen molar-refractivity contribution in [3.63, 3.8) is 0 Å². The van der Waals surface area contributed by atoms with E-state index in [1.165, 1.54) is 17.4 Å². The second-order valence-electron chi connectivity index (χ2n) is 5.14. The Labute approximate surface area is 137 Å². The summed E-state index contributed by atoms with van der Waals surface area (Å²) in [5.74, 6) is -0.237. The van der Waals surface area contributed by atoms with Crippen LogP contribution in [-0.4, -0.2) is 21.0 Å². The van der Waals surface area contributed by atoms with Crippen LogP contribution in [0.25, 0.3) is 0 Å². The van der Waals surface area contributed by atoms with E-state index in [2.05, 4.69) is 29.4 Å². The fourth-order valence-electron chi connectivity index (χ4n) is 2.34. The van der Waals surface area contributed by atoms with Crippen LogP contribution in [-0.2, 0) is 0 Å². The minimum absolute atomic E-state index is 0.0225. The fourth-order valence-corrected chi connectivity index (χ4v) is 3.34. The zero-order valence-electron chi connectivity index (χ0n) is 13.2. The number of carbonyl (C=O) groups excluding carboxylic acids is 1. The number of nitrogens with zero attached hydrogens (tertiary/aromatic N) is 3. The first-order valence-corrected chi connectivity index (χ1v) is 8.18. The minimum atomic E-state index is -0.548. The topological polar surface area (TPSA) is 98.0 Å². The Morgan fingerprint density at radius 2 is 2.04 bits per heavy atom. The van der Waals surface area contributed by atoms with Gasteiger partial charge in [-0.25, -0.2) is 0 Å². The van der Waals surface area contributed by atoms with Crippen LogP contribution in [0, 0.1) is 17.0 Å². The van der Waals surface area contributed by atoms with E-state index in [4.69, 9.17) is 0 Å². The Balaban J connectivity index is 2.24. The van der Waals surface area contributed by atoms with Crippen LogP contribution in [0.2, 0.25) is 0 Å². The van der Waals surface area contributed by atoms with Gasteiger partial charge in [-0.2, -0.15) is 0 Å². The summed E-state index contributed by atoms with van der Waals surface area (Å²) >= 11 is 1.31. The summed E-state index contributed by atoms with van der Waals surface area (Å²) in [6, 6.07) is 4.65. The Morgan fingerprint density at radius 3 is 2.65 bits per heavy atom. The number of anilines is 1. The molecule has 7 nitrogen and oxygen atoms in total. The van der Waals surface area contributed by atoms with E-state index >= 15 is 0 Å². The van der Waals surface area contributed by atoms with Crippen molar-refractivity contribution in [2.75, 3.05) is 5.32 Å². The first-order valence-electron chi connectivity index (χ1n) is 7.36. The molecule has 0 saturated heterocycles. The van der Waals surface area contributed by atoms with Crippen LogP contribution in [0.15, 0.2) is 18.2 Å². The Hall–Kier alpha value is -2.35. The molecular weight excluding hydrogens is 316 g/mol. The van der Waals surface area contributed by atoms with Gasteiger partial charge in [-0.15, -0.1) is 10.2 Å². The second-order valence-corrected chi connectivity index (χ2v) is 6.15. The predicted octanol–water partition coefficient (Wildman–Crippen LogP) is 3.91. The third-order valence-corrected chi connectivity index (χ3v) is 4.66. The number of aromatic nitrogens is 2. The van der Waals surface area contributed by atoms with Crippen molar-refractivity contribution >= 4 is 28.1 Å². The molecule has 0 aliphatic carbocycles. The smallest absolute Gasteiger partial charge is 0.285 e. The Morgan fingerprint density at radius 1 is 1.35 bits per heavy atom. The predicted molar refractivity (Wildman–Crippen MR) is 89.0 cm³/mol. The zero-order chi connectivity index (χ0) is 17.0. The maximum atomic E-state index is 12.3. The van der Waals surface area contributed by atoms with Gasteiger partial charge in [-0.1, -0.05) is 37.3 Å². The Bertz CT molecular complexity index is 725. The number of aryl methyl sites for hydroxylation is 1. The molecule has 1 aromatic carbocycles. The number of rotatable bonds is 6. The molecule has 0 unspecified atom stereocenters. The van der Waals surface area contributed by atoms with Gasteiger partial charge in [-0.3, -0.25) is 20.2 Å². The molecule has 8 heteroatoms.